The highest BCUT2D eigenvalue weighted by molar-refractivity contribution is 4.86. The molecule has 19 heavy (non-hydrogen) atoms. The second-order valence-electron chi connectivity index (χ2n) is 7.00. The summed E-state index contributed by atoms with van der Waals surface area (Å²) in [6.45, 7) is 11.0. The minimum absolute atomic E-state index is 0.768. The maximum Gasteiger partial charge on any atom is 0.0195 e. The molecule has 2 nitrogen and oxygen atoms in total. The molecule has 0 bridgehead atoms. The zero-order valence-corrected chi connectivity index (χ0v) is 13.3. The van der Waals surface area contributed by atoms with E-state index in [1.54, 1.807) is 0 Å². The van der Waals surface area contributed by atoms with Crippen LogP contribution in [0.2, 0.25) is 0 Å². The van der Waals surface area contributed by atoms with Gasteiger partial charge in [0.05, 0.1) is 0 Å². The molecule has 1 saturated heterocycles. The lowest BCUT2D eigenvalue weighted by Gasteiger charge is -2.34. The molecule has 0 amide bonds. The van der Waals surface area contributed by atoms with E-state index in [1.165, 1.54) is 64.6 Å². The van der Waals surface area contributed by atoms with Gasteiger partial charge in [-0.15, -0.1) is 0 Å². The molecule has 2 fully saturated rings. The third-order valence-electron chi connectivity index (χ3n) is 5.17. The highest BCUT2D eigenvalue weighted by atomic mass is 15.2. The first-order chi connectivity index (χ1) is 9.22. The number of hydrogen-bond acceptors (Lipinski definition) is 2. The SMILES string of the molecule is CCC(C)CC(CC)N(CC1CC1)CC1CCCN1. The van der Waals surface area contributed by atoms with Crippen molar-refractivity contribution < 1.29 is 0 Å². The monoisotopic (exact) mass is 266 g/mol. The molecular weight excluding hydrogens is 232 g/mol. The van der Waals surface area contributed by atoms with Gasteiger partial charge in [-0.1, -0.05) is 27.2 Å². The van der Waals surface area contributed by atoms with Crippen LogP contribution in [0.1, 0.15) is 65.7 Å². The van der Waals surface area contributed by atoms with Gasteiger partial charge in [-0.05, 0) is 56.9 Å². The van der Waals surface area contributed by atoms with Gasteiger partial charge in [0.1, 0.15) is 0 Å². The average Bonchev–Trinajstić information content (AvgIpc) is 3.08. The Kier molecular flexibility index (Phi) is 6.15. The van der Waals surface area contributed by atoms with E-state index in [1.807, 2.05) is 0 Å². The second kappa shape index (κ2) is 7.64. The summed E-state index contributed by atoms with van der Waals surface area (Å²) >= 11 is 0. The van der Waals surface area contributed by atoms with Crippen LogP contribution in [0.4, 0.5) is 0 Å². The Balaban J connectivity index is 1.88. The van der Waals surface area contributed by atoms with Crippen LogP contribution in [0.5, 0.6) is 0 Å². The van der Waals surface area contributed by atoms with Gasteiger partial charge in [-0.2, -0.15) is 0 Å². The van der Waals surface area contributed by atoms with Crippen LogP contribution in [0, 0.1) is 11.8 Å². The molecular formula is C17H34N2. The van der Waals surface area contributed by atoms with E-state index >= 15 is 0 Å². The molecule has 1 aliphatic carbocycles. The normalized spacial score (nSPS) is 26.8. The van der Waals surface area contributed by atoms with Crippen molar-refractivity contribution in [2.45, 2.75) is 77.8 Å². The van der Waals surface area contributed by atoms with Crippen molar-refractivity contribution in [3.8, 4) is 0 Å². The van der Waals surface area contributed by atoms with Gasteiger partial charge in [0.15, 0.2) is 0 Å². The van der Waals surface area contributed by atoms with Gasteiger partial charge < -0.3 is 5.32 Å². The van der Waals surface area contributed by atoms with Gasteiger partial charge in [0.25, 0.3) is 0 Å². The molecule has 1 aliphatic heterocycles. The van der Waals surface area contributed by atoms with Crippen LogP contribution >= 0.6 is 0 Å². The first kappa shape index (κ1) is 15.3. The van der Waals surface area contributed by atoms with Gasteiger partial charge >= 0.3 is 0 Å². The zero-order chi connectivity index (χ0) is 13.7. The van der Waals surface area contributed by atoms with Crippen molar-refractivity contribution in [2.24, 2.45) is 11.8 Å². The fraction of sp³-hybridized carbons (Fsp3) is 1.00. The summed E-state index contributed by atoms with van der Waals surface area (Å²) in [5.41, 5.74) is 0. The highest BCUT2D eigenvalue weighted by Crippen LogP contribution is 2.32. The van der Waals surface area contributed by atoms with Crippen LogP contribution in [-0.2, 0) is 0 Å². The molecule has 0 radical (unpaired) electrons. The van der Waals surface area contributed by atoms with E-state index in [0.29, 0.717) is 0 Å². The predicted molar refractivity (Wildman–Crippen MR) is 83.5 cm³/mol. The summed E-state index contributed by atoms with van der Waals surface area (Å²) in [4.78, 5) is 2.84. The fourth-order valence-electron chi connectivity index (χ4n) is 3.41. The van der Waals surface area contributed by atoms with Crippen LogP contribution in [0.3, 0.4) is 0 Å². The molecule has 2 heteroatoms. The molecule has 1 N–H and O–H groups in total. The Hall–Kier alpha value is -0.0800. The summed E-state index contributed by atoms with van der Waals surface area (Å²) in [6.07, 6.45) is 9.78. The van der Waals surface area contributed by atoms with Gasteiger partial charge in [-0.25, -0.2) is 0 Å². The lowest BCUT2D eigenvalue weighted by molar-refractivity contribution is 0.145. The molecule has 0 spiro atoms. The fourth-order valence-corrected chi connectivity index (χ4v) is 3.41. The molecule has 2 aliphatic rings. The van der Waals surface area contributed by atoms with E-state index in [0.717, 1.165) is 23.9 Å². The third-order valence-corrected chi connectivity index (χ3v) is 5.17. The van der Waals surface area contributed by atoms with E-state index in [-0.39, 0.29) is 0 Å². The Labute approximate surface area is 120 Å². The van der Waals surface area contributed by atoms with Gasteiger partial charge in [0.2, 0.25) is 0 Å². The predicted octanol–water partition coefficient (Wildman–Crippen LogP) is 3.67. The van der Waals surface area contributed by atoms with E-state index in [9.17, 15) is 0 Å². The first-order valence-corrected chi connectivity index (χ1v) is 8.70. The Morgan fingerprint density at radius 1 is 1.11 bits per heavy atom. The number of rotatable bonds is 9. The van der Waals surface area contributed by atoms with Crippen molar-refractivity contribution in [1.82, 2.24) is 10.2 Å². The molecule has 3 atom stereocenters. The van der Waals surface area contributed by atoms with E-state index in [2.05, 4.69) is 31.0 Å². The minimum atomic E-state index is 0.768. The van der Waals surface area contributed by atoms with Crippen molar-refractivity contribution in [1.29, 1.82) is 0 Å². The van der Waals surface area contributed by atoms with Crippen molar-refractivity contribution in [2.75, 3.05) is 19.6 Å². The largest absolute Gasteiger partial charge is 0.313 e. The lowest BCUT2D eigenvalue weighted by atomic mass is 9.96. The molecule has 0 aromatic rings. The smallest absolute Gasteiger partial charge is 0.0195 e. The minimum Gasteiger partial charge on any atom is -0.313 e. The zero-order valence-electron chi connectivity index (χ0n) is 13.3. The summed E-state index contributed by atoms with van der Waals surface area (Å²) < 4.78 is 0. The van der Waals surface area contributed by atoms with Crippen LogP contribution in [0.25, 0.3) is 0 Å². The van der Waals surface area contributed by atoms with Crippen LogP contribution < -0.4 is 5.32 Å². The quantitative estimate of drug-likeness (QED) is 0.685. The van der Waals surface area contributed by atoms with Crippen molar-refractivity contribution >= 4 is 0 Å². The Bertz CT molecular complexity index is 244. The summed E-state index contributed by atoms with van der Waals surface area (Å²) in [6, 6.07) is 1.59. The average molecular weight is 266 g/mol. The molecule has 0 aromatic heterocycles. The maximum absolute atomic E-state index is 3.69. The van der Waals surface area contributed by atoms with E-state index < -0.39 is 0 Å². The molecule has 112 valence electrons. The molecule has 0 aromatic carbocycles. The molecule has 1 saturated carbocycles. The summed E-state index contributed by atoms with van der Waals surface area (Å²) in [5, 5.41) is 3.69. The van der Waals surface area contributed by atoms with E-state index in [4.69, 9.17) is 0 Å². The number of nitrogens with zero attached hydrogens (tertiary/aromatic N) is 1. The number of hydrogen-bond donors (Lipinski definition) is 1. The van der Waals surface area contributed by atoms with Gasteiger partial charge in [0, 0.05) is 25.2 Å². The highest BCUT2D eigenvalue weighted by Gasteiger charge is 2.30. The Morgan fingerprint density at radius 2 is 1.89 bits per heavy atom. The van der Waals surface area contributed by atoms with Crippen molar-refractivity contribution in [3.05, 3.63) is 0 Å². The topological polar surface area (TPSA) is 15.3 Å². The standard InChI is InChI=1S/C17H34N2/c1-4-14(3)11-17(5-2)19(12-15-8-9-15)13-16-7-6-10-18-16/h14-18H,4-13H2,1-3H3. The lowest BCUT2D eigenvalue weighted by Crippen LogP contribution is -2.44. The third kappa shape index (κ3) is 5.07. The molecule has 2 rings (SSSR count). The number of nitrogens with one attached hydrogen (secondary N) is 1. The summed E-state index contributed by atoms with van der Waals surface area (Å²) in [5.74, 6) is 1.90. The van der Waals surface area contributed by atoms with Crippen LogP contribution in [-0.4, -0.2) is 36.6 Å². The van der Waals surface area contributed by atoms with Crippen LogP contribution in [0.15, 0.2) is 0 Å². The second-order valence-corrected chi connectivity index (χ2v) is 7.00. The maximum atomic E-state index is 3.69. The van der Waals surface area contributed by atoms with Crippen molar-refractivity contribution in [3.63, 3.8) is 0 Å². The molecule has 1 heterocycles. The first-order valence-electron chi connectivity index (χ1n) is 8.70. The molecule has 3 unspecified atom stereocenters. The Morgan fingerprint density at radius 3 is 2.42 bits per heavy atom. The summed E-state index contributed by atoms with van der Waals surface area (Å²) in [7, 11) is 0. The van der Waals surface area contributed by atoms with Gasteiger partial charge in [-0.3, -0.25) is 4.90 Å².